The van der Waals surface area contributed by atoms with Crippen LogP contribution in [0.25, 0.3) is 0 Å². The molecule has 28 heavy (non-hydrogen) atoms. The minimum Gasteiger partial charge on any atom is -0.497 e. The maximum absolute atomic E-state index is 12.7. The van der Waals surface area contributed by atoms with E-state index >= 15 is 0 Å². The number of benzene rings is 2. The van der Waals surface area contributed by atoms with E-state index < -0.39 is 0 Å². The first-order chi connectivity index (χ1) is 13.5. The van der Waals surface area contributed by atoms with E-state index in [1.165, 1.54) is 0 Å². The SMILES string of the molecule is COc1ccc(CN(C)[C@H](C)C(=O)Nc2ccc3c(c2)OCCO3)c(OC)c1. The summed E-state index contributed by atoms with van der Waals surface area (Å²) in [6.07, 6.45) is 0. The fraction of sp³-hybridized carbons (Fsp3) is 0.381. The molecular weight excluding hydrogens is 360 g/mol. The second kappa shape index (κ2) is 8.84. The van der Waals surface area contributed by atoms with Crippen molar-refractivity contribution in [2.45, 2.75) is 19.5 Å². The highest BCUT2D eigenvalue weighted by Gasteiger charge is 2.21. The van der Waals surface area contributed by atoms with Crippen LogP contribution in [0.15, 0.2) is 36.4 Å². The standard InChI is InChI=1S/C21H26N2O5/c1-14(23(2)13-15-5-7-17(25-3)12-19(15)26-4)21(24)22-16-6-8-18-20(11-16)28-10-9-27-18/h5-8,11-12,14H,9-10,13H2,1-4H3,(H,22,24)/t14-/m1/s1. The summed E-state index contributed by atoms with van der Waals surface area (Å²) in [5.41, 5.74) is 1.65. The second-order valence-corrected chi connectivity index (χ2v) is 6.62. The summed E-state index contributed by atoms with van der Waals surface area (Å²) in [4.78, 5) is 14.6. The Hall–Kier alpha value is -2.93. The summed E-state index contributed by atoms with van der Waals surface area (Å²) in [6.45, 7) is 3.47. The molecule has 3 rings (SSSR count). The van der Waals surface area contributed by atoms with Gasteiger partial charge in [-0.3, -0.25) is 9.69 Å². The van der Waals surface area contributed by atoms with Crippen molar-refractivity contribution in [3.63, 3.8) is 0 Å². The lowest BCUT2D eigenvalue weighted by Crippen LogP contribution is -2.39. The number of carbonyl (C=O) groups is 1. The molecule has 0 aliphatic carbocycles. The molecule has 0 bridgehead atoms. The molecule has 7 heteroatoms. The third-order valence-corrected chi connectivity index (χ3v) is 4.76. The zero-order valence-electron chi connectivity index (χ0n) is 16.7. The van der Waals surface area contributed by atoms with E-state index in [0.29, 0.717) is 36.9 Å². The minimum atomic E-state index is -0.347. The van der Waals surface area contributed by atoms with Crippen molar-refractivity contribution in [2.75, 3.05) is 39.8 Å². The lowest BCUT2D eigenvalue weighted by atomic mass is 10.1. The van der Waals surface area contributed by atoms with Crippen molar-refractivity contribution in [2.24, 2.45) is 0 Å². The van der Waals surface area contributed by atoms with Crippen LogP contribution in [0.3, 0.4) is 0 Å². The average Bonchev–Trinajstić information content (AvgIpc) is 2.73. The highest BCUT2D eigenvalue weighted by molar-refractivity contribution is 5.94. The number of methoxy groups -OCH3 is 2. The summed E-state index contributed by atoms with van der Waals surface area (Å²) < 4.78 is 21.7. The smallest absolute Gasteiger partial charge is 0.241 e. The maximum Gasteiger partial charge on any atom is 0.241 e. The van der Waals surface area contributed by atoms with Crippen LogP contribution < -0.4 is 24.3 Å². The minimum absolute atomic E-state index is 0.105. The number of amides is 1. The molecule has 1 atom stereocenters. The normalized spacial score (nSPS) is 13.8. The van der Waals surface area contributed by atoms with Crippen LogP contribution in [0.2, 0.25) is 0 Å². The molecule has 1 aliphatic heterocycles. The zero-order valence-corrected chi connectivity index (χ0v) is 16.7. The van der Waals surface area contributed by atoms with E-state index in [-0.39, 0.29) is 11.9 Å². The summed E-state index contributed by atoms with van der Waals surface area (Å²) >= 11 is 0. The van der Waals surface area contributed by atoms with Crippen LogP contribution in [0.1, 0.15) is 12.5 Å². The Morgan fingerprint density at radius 1 is 1.11 bits per heavy atom. The fourth-order valence-corrected chi connectivity index (χ4v) is 2.96. The molecule has 2 aromatic rings. The molecular formula is C21H26N2O5. The average molecular weight is 386 g/mol. The van der Waals surface area contributed by atoms with Crippen LogP contribution in [0.4, 0.5) is 5.69 Å². The summed E-state index contributed by atoms with van der Waals surface area (Å²) in [6, 6.07) is 10.7. The van der Waals surface area contributed by atoms with Crippen LogP contribution >= 0.6 is 0 Å². The quantitative estimate of drug-likeness (QED) is 0.789. The van der Waals surface area contributed by atoms with Crippen molar-refractivity contribution in [1.29, 1.82) is 0 Å². The highest BCUT2D eigenvalue weighted by atomic mass is 16.6. The first-order valence-electron chi connectivity index (χ1n) is 9.13. The number of likely N-dealkylation sites (N-methyl/N-ethyl adjacent to an activating group) is 1. The molecule has 7 nitrogen and oxygen atoms in total. The number of hydrogen-bond acceptors (Lipinski definition) is 6. The van der Waals surface area contributed by atoms with Crippen molar-refractivity contribution in [1.82, 2.24) is 4.90 Å². The van der Waals surface area contributed by atoms with Gasteiger partial charge in [0, 0.05) is 29.9 Å². The number of hydrogen-bond donors (Lipinski definition) is 1. The van der Waals surface area contributed by atoms with Gasteiger partial charge in [0.25, 0.3) is 0 Å². The first kappa shape index (κ1) is 19.8. The molecule has 0 radical (unpaired) electrons. The van der Waals surface area contributed by atoms with Gasteiger partial charge in [-0.25, -0.2) is 0 Å². The van der Waals surface area contributed by atoms with Crippen molar-refractivity contribution < 1.29 is 23.7 Å². The van der Waals surface area contributed by atoms with Gasteiger partial charge in [-0.1, -0.05) is 6.07 Å². The van der Waals surface area contributed by atoms with Crippen molar-refractivity contribution >= 4 is 11.6 Å². The molecule has 1 amide bonds. The monoisotopic (exact) mass is 386 g/mol. The lowest BCUT2D eigenvalue weighted by molar-refractivity contribution is -0.120. The third-order valence-electron chi connectivity index (χ3n) is 4.76. The Morgan fingerprint density at radius 2 is 1.86 bits per heavy atom. The summed E-state index contributed by atoms with van der Waals surface area (Å²) in [5.74, 6) is 2.69. The van der Waals surface area contributed by atoms with E-state index in [2.05, 4.69) is 5.32 Å². The number of carbonyl (C=O) groups excluding carboxylic acids is 1. The van der Waals surface area contributed by atoms with Gasteiger partial charge in [0.05, 0.1) is 20.3 Å². The molecule has 0 spiro atoms. The molecule has 0 fully saturated rings. The van der Waals surface area contributed by atoms with Gasteiger partial charge in [0.2, 0.25) is 5.91 Å². The molecule has 1 aliphatic rings. The number of fused-ring (bicyclic) bond motifs is 1. The van der Waals surface area contributed by atoms with Crippen LogP contribution in [0.5, 0.6) is 23.0 Å². The second-order valence-electron chi connectivity index (χ2n) is 6.62. The molecule has 0 saturated carbocycles. The number of rotatable bonds is 7. The van der Waals surface area contributed by atoms with Crippen molar-refractivity contribution in [3.8, 4) is 23.0 Å². The van der Waals surface area contributed by atoms with Crippen LogP contribution in [0, 0.1) is 0 Å². The van der Waals surface area contributed by atoms with Gasteiger partial charge in [-0.05, 0) is 32.2 Å². The Bertz CT molecular complexity index is 840. The van der Waals surface area contributed by atoms with Gasteiger partial charge < -0.3 is 24.3 Å². The summed E-state index contributed by atoms with van der Waals surface area (Å²) in [5, 5.41) is 2.94. The van der Waals surface area contributed by atoms with Gasteiger partial charge in [0.1, 0.15) is 24.7 Å². The Balaban J connectivity index is 1.64. The molecule has 1 heterocycles. The first-order valence-corrected chi connectivity index (χ1v) is 9.13. The van der Waals surface area contributed by atoms with Gasteiger partial charge in [-0.2, -0.15) is 0 Å². The predicted molar refractivity (Wildman–Crippen MR) is 107 cm³/mol. The Morgan fingerprint density at radius 3 is 2.57 bits per heavy atom. The molecule has 0 saturated heterocycles. The van der Waals surface area contributed by atoms with E-state index in [0.717, 1.165) is 17.1 Å². The number of nitrogens with one attached hydrogen (secondary N) is 1. The topological polar surface area (TPSA) is 69.3 Å². The van der Waals surface area contributed by atoms with E-state index in [9.17, 15) is 4.79 Å². The predicted octanol–water partition coefficient (Wildman–Crippen LogP) is 2.93. The van der Waals surface area contributed by atoms with E-state index in [1.807, 2.05) is 43.1 Å². The molecule has 1 N–H and O–H groups in total. The molecule has 0 aromatic heterocycles. The van der Waals surface area contributed by atoms with Gasteiger partial charge in [-0.15, -0.1) is 0 Å². The van der Waals surface area contributed by atoms with Crippen molar-refractivity contribution in [3.05, 3.63) is 42.0 Å². The fourth-order valence-electron chi connectivity index (χ4n) is 2.96. The van der Waals surface area contributed by atoms with Gasteiger partial charge >= 0.3 is 0 Å². The van der Waals surface area contributed by atoms with Gasteiger partial charge in [0.15, 0.2) is 11.5 Å². The van der Waals surface area contributed by atoms with Crippen LogP contribution in [-0.2, 0) is 11.3 Å². The maximum atomic E-state index is 12.7. The Kier molecular flexibility index (Phi) is 6.26. The summed E-state index contributed by atoms with van der Waals surface area (Å²) in [7, 11) is 5.14. The highest BCUT2D eigenvalue weighted by Crippen LogP contribution is 2.32. The third kappa shape index (κ3) is 4.48. The van der Waals surface area contributed by atoms with E-state index in [4.69, 9.17) is 18.9 Å². The Labute approximate surface area is 165 Å². The molecule has 2 aromatic carbocycles. The number of anilines is 1. The lowest BCUT2D eigenvalue weighted by Gasteiger charge is -2.25. The van der Waals surface area contributed by atoms with E-state index in [1.54, 1.807) is 26.4 Å². The largest absolute Gasteiger partial charge is 0.497 e. The number of nitrogens with zero attached hydrogens (tertiary/aromatic N) is 1. The molecule has 0 unspecified atom stereocenters. The zero-order chi connectivity index (χ0) is 20.1. The molecule has 150 valence electrons. The van der Waals surface area contributed by atoms with Crippen LogP contribution in [-0.4, -0.2) is 51.3 Å². The number of ether oxygens (including phenoxy) is 4.